The molecular formula is C27H34O6S. The number of hydrogen-bond donors (Lipinski definition) is 2. The lowest BCUT2D eigenvalue weighted by atomic mass is 9.46. The average molecular weight is 487 g/mol. The van der Waals surface area contributed by atoms with E-state index in [1.54, 1.807) is 26.0 Å². The zero-order valence-corrected chi connectivity index (χ0v) is 21.3. The van der Waals surface area contributed by atoms with Crippen molar-refractivity contribution < 1.29 is 29.3 Å². The molecule has 0 amide bonds. The number of rotatable bonds is 5. The smallest absolute Gasteiger partial charge is 0.309 e. The lowest BCUT2D eigenvalue weighted by Gasteiger charge is -2.55. The first-order chi connectivity index (χ1) is 15.6. The summed E-state index contributed by atoms with van der Waals surface area (Å²) < 4.78 is 6.52. The molecule has 0 unspecified atom stereocenters. The highest BCUT2D eigenvalue weighted by atomic mass is 32.1. The summed E-state index contributed by atoms with van der Waals surface area (Å²) in [5.41, 5.74) is -3.20. The molecule has 8 atom stereocenters. The van der Waals surface area contributed by atoms with E-state index in [4.69, 9.17) is 17.0 Å². The minimum Gasteiger partial charge on any atom is -0.481 e. The van der Waals surface area contributed by atoms with E-state index in [0.717, 1.165) is 18.4 Å². The van der Waals surface area contributed by atoms with Crippen LogP contribution in [0.15, 0.2) is 23.8 Å². The van der Waals surface area contributed by atoms with Gasteiger partial charge in [-0.05, 0) is 76.4 Å². The Labute approximate surface area is 205 Å². The summed E-state index contributed by atoms with van der Waals surface area (Å²) in [6.45, 7) is 9.18. The quantitative estimate of drug-likeness (QED) is 0.449. The van der Waals surface area contributed by atoms with Gasteiger partial charge in [0.15, 0.2) is 5.78 Å². The highest BCUT2D eigenvalue weighted by molar-refractivity contribution is 7.82. The Bertz CT molecular complexity index is 1090. The van der Waals surface area contributed by atoms with Gasteiger partial charge in [0.2, 0.25) is 5.78 Å². The Hall–Kier alpha value is -1.70. The van der Waals surface area contributed by atoms with Crippen molar-refractivity contribution in [3.8, 4) is 0 Å². The number of ketones is 2. The largest absolute Gasteiger partial charge is 0.481 e. The zero-order chi connectivity index (χ0) is 25.1. The maximum absolute atomic E-state index is 13.8. The lowest BCUT2D eigenvalue weighted by Crippen LogP contribution is -2.63. The van der Waals surface area contributed by atoms with Crippen molar-refractivity contribution in [3.63, 3.8) is 0 Å². The number of carbonyl (C=O) groups excluding carboxylic acids is 2. The van der Waals surface area contributed by atoms with E-state index in [0.29, 0.717) is 12.8 Å². The molecule has 5 rings (SSSR count). The number of epoxide rings is 1. The van der Waals surface area contributed by atoms with Gasteiger partial charge >= 0.3 is 5.97 Å². The Morgan fingerprint density at radius 2 is 1.94 bits per heavy atom. The molecule has 1 heterocycles. The monoisotopic (exact) mass is 486 g/mol. The van der Waals surface area contributed by atoms with Gasteiger partial charge < -0.3 is 14.9 Å². The highest BCUT2D eigenvalue weighted by Gasteiger charge is 2.82. The number of aliphatic carboxylic acids is 1. The number of Topliss-reactive ketones (excluding diaryl/α,β-unsaturated/α-hetero) is 1. The van der Waals surface area contributed by atoms with Gasteiger partial charge in [0.1, 0.15) is 11.2 Å². The molecule has 0 bridgehead atoms. The number of fused-ring (bicyclic) bond motifs is 3. The predicted octanol–water partition coefficient (Wildman–Crippen LogP) is 3.84. The molecule has 6 nitrogen and oxygen atoms in total. The summed E-state index contributed by atoms with van der Waals surface area (Å²) in [6, 6.07) is 0. The van der Waals surface area contributed by atoms with Crippen molar-refractivity contribution in [1.82, 2.24) is 0 Å². The molecule has 7 heteroatoms. The van der Waals surface area contributed by atoms with Crippen molar-refractivity contribution >= 4 is 34.6 Å². The summed E-state index contributed by atoms with van der Waals surface area (Å²) in [5.74, 6) is -1.57. The van der Waals surface area contributed by atoms with Gasteiger partial charge in [-0.1, -0.05) is 37.7 Å². The number of aliphatic hydroxyl groups is 1. The first kappa shape index (κ1) is 24.0. The molecular weight excluding hydrogens is 452 g/mol. The lowest BCUT2D eigenvalue weighted by molar-refractivity contribution is -0.156. The summed E-state index contributed by atoms with van der Waals surface area (Å²) >= 11 is 5.45. The van der Waals surface area contributed by atoms with Crippen LogP contribution in [-0.4, -0.2) is 49.9 Å². The standard InChI is InChI=1S/C27H34O6S/c1-14-10-18-17-7-6-15-11-16(28)8-9-24(15,4)27(17)20(33-27)13-25(18,5)26(14,32)21(29)19(34)12-23(2,3)22(30)31/h8-9,11,14,17-18,20,32H,6-7,10,12-13H2,1-5H3,(H,30,31)/t14-,17+,18+,20+,24+,25+,26+,27-/m1/s1. The van der Waals surface area contributed by atoms with Crippen molar-refractivity contribution in [2.24, 2.45) is 34.0 Å². The van der Waals surface area contributed by atoms with Crippen LogP contribution in [0.25, 0.3) is 0 Å². The summed E-state index contributed by atoms with van der Waals surface area (Å²) in [5, 5.41) is 21.6. The molecule has 4 aliphatic carbocycles. The number of allylic oxidation sites excluding steroid dienone is 2. The second kappa shape index (κ2) is 6.95. The fourth-order valence-electron chi connectivity index (χ4n) is 8.24. The minimum absolute atomic E-state index is 0.00623. The van der Waals surface area contributed by atoms with Crippen LogP contribution in [0, 0.1) is 34.0 Å². The normalized spacial score (nSPS) is 46.5. The summed E-state index contributed by atoms with van der Waals surface area (Å²) in [4.78, 5) is 37.4. The molecule has 1 spiro atoms. The molecule has 1 aliphatic heterocycles. The highest BCUT2D eigenvalue weighted by Crippen LogP contribution is 2.76. The fourth-order valence-corrected chi connectivity index (χ4v) is 8.75. The average Bonchev–Trinajstić information content (AvgIpc) is 3.43. The van der Waals surface area contributed by atoms with Crippen LogP contribution >= 0.6 is 12.2 Å². The number of carboxylic acids is 1. The van der Waals surface area contributed by atoms with Crippen LogP contribution in [-0.2, 0) is 19.1 Å². The van der Waals surface area contributed by atoms with E-state index in [9.17, 15) is 24.6 Å². The molecule has 0 aromatic rings. The number of thiocarbonyl (C=S) groups is 1. The van der Waals surface area contributed by atoms with E-state index >= 15 is 0 Å². The van der Waals surface area contributed by atoms with Crippen LogP contribution in [0.2, 0.25) is 0 Å². The number of carbonyl (C=O) groups is 3. The first-order valence-electron chi connectivity index (χ1n) is 12.3. The van der Waals surface area contributed by atoms with E-state index in [-0.39, 0.29) is 46.3 Å². The van der Waals surface area contributed by atoms with Crippen LogP contribution in [0.4, 0.5) is 0 Å². The van der Waals surface area contributed by atoms with Crippen LogP contribution in [0.1, 0.15) is 66.7 Å². The maximum atomic E-state index is 13.8. The fraction of sp³-hybridized carbons (Fsp3) is 0.704. The van der Waals surface area contributed by atoms with E-state index in [2.05, 4.69) is 6.92 Å². The molecule has 184 valence electrons. The Morgan fingerprint density at radius 3 is 2.59 bits per heavy atom. The molecule has 0 aromatic heterocycles. The van der Waals surface area contributed by atoms with E-state index in [1.165, 1.54) is 0 Å². The second-order valence-corrected chi connectivity index (χ2v) is 12.9. The van der Waals surface area contributed by atoms with E-state index in [1.807, 2.05) is 19.9 Å². The van der Waals surface area contributed by atoms with E-state index < -0.39 is 33.8 Å². The van der Waals surface area contributed by atoms with Gasteiger partial charge in [-0.2, -0.15) is 0 Å². The van der Waals surface area contributed by atoms with Gasteiger partial charge in [-0.25, -0.2) is 0 Å². The van der Waals surface area contributed by atoms with Crippen LogP contribution in [0.5, 0.6) is 0 Å². The third-order valence-electron chi connectivity index (χ3n) is 10.3. The molecule has 4 fully saturated rings. The Morgan fingerprint density at radius 1 is 1.26 bits per heavy atom. The van der Waals surface area contributed by atoms with Crippen LogP contribution < -0.4 is 0 Å². The van der Waals surface area contributed by atoms with Crippen molar-refractivity contribution in [3.05, 3.63) is 23.8 Å². The topological polar surface area (TPSA) is 104 Å². The third kappa shape index (κ3) is 2.69. The minimum atomic E-state index is -1.66. The maximum Gasteiger partial charge on any atom is 0.309 e. The summed E-state index contributed by atoms with van der Waals surface area (Å²) in [6.07, 6.45) is 8.10. The molecule has 0 radical (unpaired) electrons. The molecule has 1 saturated heterocycles. The van der Waals surface area contributed by atoms with Crippen molar-refractivity contribution in [2.75, 3.05) is 0 Å². The summed E-state index contributed by atoms with van der Waals surface area (Å²) in [7, 11) is 0. The molecule has 5 aliphatic rings. The Kier molecular flexibility index (Phi) is 4.91. The van der Waals surface area contributed by atoms with Gasteiger partial charge in [-0.15, -0.1) is 0 Å². The van der Waals surface area contributed by atoms with Gasteiger partial charge in [0.25, 0.3) is 0 Å². The van der Waals surface area contributed by atoms with Gasteiger partial charge in [0, 0.05) is 17.3 Å². The molecule has 0 aromatic carbocycles. The van der Waals surface area contributed by atoms with Gasteiger partial charge in [-0.3, -0.25) is 14.4 Å². The Balaban J connectivity index is 1.50. The third-order valence-corrected chi connectivity index (χ3v) is 10.6. The van der Waals surface area contributed by atoms with Crippen molar-refractivity contribution in [2.45, 2.75) is 84.0 Å². The molecule has 34 heavy (non-hydrogen) atoms. The number of carboxylic acid groups (broad SMARTS) is 1. The number of hydrogen-bond acceptors (Lipinski definition) is 6. The van der Waals surface area contributed by atoms with Crippen molar-refractivity contribution in [1.29, 1.82) is 0 Å². The first-order valence-corrected chi connectivity index (χ1v) is 12.7. The SMILES string of the molecule is C[C@@H]1C[C@H]2[C@@H]3CCC4=CC(=O)C=C[C@]4(C)[C@@]34O[C@H]4C[C@]2(C)[C@@]1(O)C(=O)C(=S)CC(C)(C)C(=O)O. The number of ether oxygens (including phenoxy) is 1. The predicted molar refractivity (Wildman–Crippen MR) is 129 cm³/mol. The van der Waals surface area contributed by atoms with Crippen LogP contribution in [0.3, 0.4) is 0 Å². The van der Waals surface area contributed by atoms with Gasteiger partial charge in [0.05, 0.1) is 16.4 Å². The second-order valence-electron chi connectivity index (χ2n) is 12.4. The molecule has 3 saturated carbocycles. The zero-order valence-electron chi connectivity index (χ0n) is 20.5. The molecule has 2 N–H and O–H groups in total.